The molecule has 0 spiro atoms. The number of piperidine rings is 1. The van der Waals surface area contributed by atoms with Crippen molar-refractivity contribution in [1.29, 1.82) is 0 Å². The third-order valence-corrected chi connectivity index (χ3v) is 7.09. The summed E-state index contributed by atoms with van der Waals surface area (Å²) >= 11 is 7.80. The zero-order valence-electron chi connectivity index (χ0n) is 17.0. The van der Waals surface area contributed by atoms with E-state index < -0.39 is 0 Å². The molecule has 0 saturated carbocycles. The van der Waals surface area contributed by atoms with Crippen molar-refractivity contribution in [2.75, 3.05) is 45.0 Å². The number of nitrogen functional groups attached to an aromatic ring is 1. The lowest BCUT2D eigenvalue weighted by atomic mass is 9.94. The molecule has 2 aromatic rings. The van der Waals surface area contributed by atoms with Gasteiger partial charge < -0.3 is 10.6 Å². The summed E-state index contributed by atoms with van der Waals surface area (Å²) in [5.74, 6) is 1.04. The molecular weight excluding hydrogens is 418 g/mol. The molecule has 0 atom stereocenters. The van der Waals surface area contributed by atoms with Crippen molar-refractivity contribution >= 4 is 35.3 Å². The topological polar surface area (TPSA) is 65.7 Å². The van der Waals surface area contributed by atoms with Gasteiger partial charge in [-0.1, -0.05) is 17.7 Å². The molecule has 6 nitrogen and oxygen atoms in total. The number of amides is 1. The molecule has 0 unspecified atom stereocenters. The van der Waals surface area contributed by atoms with Crippen molar-refractivity contribution in [2.45, 2.75) is 24.3 Å². The zero-order valence-corrected chi connectivity index (χ0v) is 18.6. The van der Waals surface area contributed by atoms with E-state index in [1.165, 1.54) is 5.56 Å². The van der Waals surface area contributed by atoms with Gasteiger partial charge in [0, 0.05) is 54.8 Å². The minimum Gasteiger partial charge on any atom is -0.384 e. The van der Waals surface area contributed by atoms with Crippen molar-refractivity contribution < 1.29 is 4.79 Å². The van der Waals surface area contributed by atoms with Crippen LogP contribution in [-0.4, -0.2) is 64.3 Å². The highest BCUT2D eigenvalue weighted by Gasteiger charge is 2.30. The van der Waals surface area contributed by atoms with Gasteiger partial charge in [-0.15, -0.1) is 0 Å². The highest BCUT2D eigenvalue weighted by molar-refractivity contribution is 7.97. The molecule has 30 heavy (non-hydrogen) atoms. The van der Waals surface area contributed by atoms with Gasteiger partial charge in [0.1, 0.15) is 5.82 Å². The minimum atomic E-state index is 0.149. The van der Waals surface area contributed by atoms with Crippen LogP contribution in [0, 0.1) is 5.92 Å². The van der Waals surface area contributed by atoms with Crippen LogP contribution in [0.1, 0.15) is 18.4 Å². The zero-order chi connectivity index (χ0) is 20.9. The third kappa shape index (κ3) is 5.66. The lowest BCUT2D eigenvalue weighted by molar-refractivity contribution is -0.138. The third-order valence-electron chi connectivity index (χ3n) is 5.77. The van der Waals surface area contributed by atoms with Crippen LogP contribution >= 0.6 is 23.5 Å². The van der Waals surface area contributed by atoms with Crippen molar-refractivity contribution in [2.24, 2.45) is 5.92 Å². The fourth-order valence-corrected chi connectivity index (χ4v) is 5.34. The number of hydrogen-bond acceptors (Lipinski definition) is 6. The first kappa shape index (κ1) is 21.4. The van der Waals surface area contributed by atoms with Gasteiger partial charge in [-0.25, -0.2) is 9.29 Å². The van der Waals surface area contributed by atoms with Crippen LogP contribution in [0.2, 0.25) is 5.02 Å². The number of aromatic nitrogens is 1. The predicted octanol–water partition coefficient (Wildman–Crippen LogP) is 3.38. The number of likely N-dealkylation sites (tertiary alicyclic amines) is 1. The molecule has 1 aromatic carbocycles. The molecule has 0 radical (unpaired) electrons. The number of carbonyl (C=O) groups is 1. The molecule has 1 aromatic heterocycles. The smallest absolute Gasteiger partial charge is 0.225 e. The number of halogens is 1. The van der Waals surface area contributed by atoms with Gasteiger partial charge in [0.15, 0.2) is 0 Å². The molecule has 2 saturated heterocycles. The van der Waals surface area contributed by atoms with Gasteiger partial charge >= 0.3 is 0 Å². The standard InChI is InChI=1S/C22H28ClN5OS/c23-19-2-1-3-20(15-19)30-28-12-10-27(11-13-28)22(29)18-5-8-26(9-6-18)16-17-4-7-25-21(24)14-17/h1-4,7,14-15,18H,5-6,8-13,16H2,(H2,24,25). The Hall–Kier alpha value is -1.80. The second-order valence-electron chi connectivity index (χ2n) is 7.94. The number of hydrogen-bond donors (Lipinski definition) is 1. The fraction of sp³-hybridized carbons (Fsp3) is 0.455. The summed E-state index contributed by atoms with van der Waals surface area (Å²) in [6.07, 6.45) is 3.61. The van der Waals surface area contributed by atoms with E-state index >= 15 is 0 Å². The van der Waals surface area contributed by atoms with Crippen LogP contribution in [-0.2, 0) is 11.3 Å². The van der Waals surface area contributed by atoms with Gasteiger partial charge in [0.25, 0.3) is 0 Å². The predicted molar refractivity (Wildman–Crippen MR) is 122 cm³/mol. The van der Waals surface area contributed by atoms with Gasteiger partial charge in [0.05, 0.1) is 0 Å². The Kier molecular flexibility index (Phi) is 7.15. The first-order chi connectivity index (χ1) is 14.6. The molecule has 2 fully saturated rings. The molecule has 2 aliphatic rings. The van der Waals surface area contributed by atoms with Crippen LogP contribution in [0.15, 0.2) is 47.5 Å². The Bertz CT molecular complexity index is 797. The number of pyridine rings is 1. The van der Waals surface area contributed by atoms with Gasteiger partial charge in [-0.05, 0) is 73.8 Å². The summed E-state index contributed by atoms with van der Waals surface area (Å²) < 4.78 is 2.32. The van der Waals surface area contributed by atoms with Gasteiger partial charge in [-0.3, -0.25) is 9.69 Å². The largest absolute Gasteiger partial charge is 0.384 e. The lowest BCUT2D eigenvalue weighted by Gasteiger charge is -2.38. The van der Waals surface area contributed by atoms with Crippen LogP contribution < -0.4 is 5.73 Å². The second-order valence-corrected chi connectivity index (χ2v) is 9.55. The maximum absolute atomic E-state index is 13.0. The summed E-state index contributed by atoms with van der Waals surface area (Å²) in [5, 5.41) is 0.757. The molecular formula is C22H28ClN5OS. The molecule has 160 valence electrons. The van der Waals surface area contributed by atoms with E-state index in [0.717, 1.165) is 68.6 Å². The van der Waals surface area contributed by atoms with Crippen LogP contribution in [0.3, 0.4) is 0 Å². The summed E-state index contributed by atoms with van der Waals surface area (Å²) in [4.78, 5) is 22.7. The molecule has 8 heteroatoms. The van der Waals surface area contributed by atoms with E-state index in [4.69, 9.17) is 17.3 Å². The molecule has 0 aliphatic carbocycles. The molecule has 2 N–H and O–H groups in total. The first-order valence-electron chi connectivity index (χ1n) is 10.5. The molecule has 2 aliphatic heterocycles. The van der Waals surface area contributed by atoms with E-state index in [-0.39, 0.29) is 5.92 Å². The Morgan fingerprint density at radius 2 is 1.87 bits per heavy atom. The van der Waals surface area contributed by atoms with Crippen molar-refractivity contribution in [1.82, 2.24) is 19.1 Å². The van der Waals surface area contributed by atoms with E-state index in [1.54, 1.807) is 18.1 Å². The number of nitrogens with zero attached hydrogens (tertiary/aromatic N) is 4. The van der Waals surface area contributed by atoms with Crippen LogP contribution in [0.5, 0.6) is 0 Å². The number of piperazine rings is 1. The Labute approximate surface area is 187 Å². The minimum absolute atomic E-state index is 0.149. The molecule has 4 rings (SSSR count). The van der Waals surface area contributed by atoms with E-state index in [9.17, 15) is 4.79 Å². The van der Waals surface area contributed by atoms with E-state index in [1.807, 2.05) is 30.3 Å². The van der Waals surface area contributed by atoms with Crippen molar-refractivity contribution in [3.8, 4) is 0 Å². The number of anilines is 1. The van der Waals surface area contributed by atoms with Crippen LogP contribution in [0.25, 0.3) is 0 Å². The monoisotopic (exact) mass is 445 g/mol. The maximum atomic E-state index is 13.0. The average molecular weight is 446 g/mol. The molecule has 3 heterocycles. The average Bonchev–Trinajstić information content (AvgIpc) is 2.74. The van der Waals surface area contributed by atoms with Gasteiger partial charge in [-0.2, -0.15) is 0 Å². The molecule has 1 amide bonds. The highest BCUT2D eigenvalue weighted by atomic mass is 35.5. The SMILES string of the molecule is Nc1cc(CN2CCC(C(=O)N3CCN(Sc4cccc(Cl)c4)CC3)CC2)ccn1. The summed E-state index contributed by atoms with van der Waals surface area (Å²) in [7, 11) is 0. The fourth-order valence-electron chi connectivity index (χ4n) is 4.12. The Morgan fingerprint density at radius 3 is 2.57 bits per heavy atom. The number of carbonyl (C=O) groups excluding carboxylic acids is 1. The normalized spacial score (nSPS) is 19.2. The van der Waals surface area contributed by atoms with Crippen molar-refractivity contribution in [3.63, 3.8) is 0 Å². The summed E-state index contributed by atoms with van der Waals surface area (Å²) in [6.45, 7) is 6.11. The number of benzene rings is 1. The van der Waals surface area contributed by atoms with E-state index in [0.29, 0.717) is 11.7 Å². The number of nitrogens with two attached hydrogens (primary N) is 1. The van der Waals surface area contributed by atoms with E-state index in [2.05, 4.69) is 25.2 Å². The molecule has 0 bridgehead atoms. The highest BCUT2D eigenvalue weighted by Crippen LogP contribution is 2.27. The first-order valence-corrected chi connectivity index (χ1v) is 11.6. The second kappa shape index (κ2) is 10.0. The quantitative estimate of drug-likeness (QED) is 0.711. The maximum Gasteiger partial charge on any atom is 0.225 e. The Morgan fingerprint density at radius 1 is 1.10 bits per heavy atom. The summed E-state index contributed by atoms with van der Waals surface area (Å²) in [5.41, 5.74) is 6.96. The lowest BCUT2D eigenvalue weighted by Crippen LogP contribution is -2.49. The van der Waals surface area contributed by atoms with Gasteiger partial charge in [0.2, 0.25) is 5.91 Å². The van der Waals surface area contributed by atoms with Crippen molar-refractivity contribution in [3.05, 3.63) is 53.2 Å². The van der Waals surface area contributed by atoms with Crippen LogP contribution in [0.4, 0.5) is 5.82 Å². The number of rotatable bonds is 5. The summed E-state index contributed by atoms with van der Waals surface area (Å²) in [6, 6.07) is 11.9. The Balaban J connectivity index is 1.21.